The average Bonchev–Trinajstić information content (AvgIpc) is 2.84. The Balaban J connectivity index is 1.89. The highest BCUT2D eigenvalue weighted by Gasteiger charge is 2.35. The molecule has 0 aliphatic rings. The maximum Gasteiger partial charge on any atom is 0.423 e. The van der Waals surface area contributed by atoms with Crippen molar-refractivity contribution in [2.45, 2.75) is 6.18 Å². The lowest BCUT2D eigenvalue weighted by molar-refractivity contribution is -0.139. The molecule has 0 radical (unpaired) electrons. The molecule has 21 heavy (non-hydrogen) atoms. The molecule has 6 nitrogen and oxygen atoms in total. The van der Waals surface area contributed by atoms with Crippen LogP contribution >= 0.6 is 0 Å². The largest absolute Gasteiger partial charge is 0.493 e. The predicted octanol–water partition coefficient (Wildman–Crippen LogP) is 2.82. The number of H-pyrrole nitrogens is 1. The van der Waals surface area contributed by atoms with Gasteiger partial charge in [0.1, 0.15) is 11.2 Å². The van der Waals surface area contributed by atoms with Gasteiger partial charge in [-0.3, -0.25) is 0 Å². The standard InChI is InChI=1S/C12H8F3N5O/c13-12(14,15)8-5-18-11(20-10(8)21)19-7-3-6-1-2-16-9(6)17-4-7/h1-5H,(H,16,17)(H2,18,19,20,21). The van der Waals surface area contributed by atoms with E-state index in [1.165, 1.54) is 6.20 Å². The van der Waals surface area contributed by atoms with E-state index in [-0.39, 0.29) is 5.95 Å². The lowest BCUT2D eigenvalue weighted by Gasteiger charge is -2.09. The van der Waals surface area contributed by atoms with Crippen LogP contribution in [0.5, 0.6) is 5.88 Å². The molecule has 0 atom stereocenters. The Morgan fingerprint density at radius 2 is 2.00 bits per heavy atom. The van der Waals surface area contributed by atoms with E-state index in [2.05, 4.69) is 25.3 Å². The van der Waals surface area contributed by atoms with Gasteiger partial charge in [0.05, 0.1) is 11.9 Å². The van der Waals surface area contributed by atoms with Crippen LogP contribution in [0.4, 0.5) is 24.8 Å². The maximum atomic E-state index is 12.5. The topological polar surface area (TPSA) is 86.7 Å². The molecule has 0 bridgehead atoms. The van der Waals surface area contributed by atoms with Gasteiger partial charge in [-0.05, 0) is 12.1 Å². The molecular weight excluding hydrogens is 287 g/mol. The number of hydrogen-bond acceptors (Lipinski definition) is 5. The van der Waals surface area contributed by atoms with Gasteiger partial charge in [0.2, 0.25) is 11.8 Å². The van der Waals surface area contributed by atoms with Crippen LogP contribution in [0.25, 0.3) is 11.0 Å². The van der Waals surface area contributed by atoms with Crippen LogP contribution in [0.2, 0.25) is 0 Å². The van der Waals surface area contributed by atoms with Gasteiger partial charge in [0.15, 0.2) is 0 Å². The van der Waals surface area contributed by atoms with Crippen molar-refractivity contribution < 1.29 is 18.3 Å². The number of anilines is 2. The summed E-state index contributed by atoms with van der Waals surface area (Å²) in [7, 11) is 0. The van der Waals surface area contributed by atoms with Crippen molar-refractivity contribution in [3.8, 4) is 5.88 Å². The van der Waals surface area contributed by atoms with Crippen LogP contribution in [-0.2, 0) is 6.18 Å². The minimum Gasteiger partial charge on any atom is -0.493 e. The second-order valence-electron chi connectivity index (χ2n) is 4.19. The Bertz CT molecular complexity index is 799. The van der Waals surface area contributed by atoms with Crippen LogP contribution in [0.1, 0.15) is 5.56 Å². The van der Waals surface area contributed by atoms with Crippen molar-refractivity contribution >= 4 is 22.7 Å². The summed E-state index contributed by atoms with van der Waals surface area (Å²) < 4.78 is 37.4. The highest BCUT2D eigenvalue weighted by atomic mass is 19.4. The monoisotopic (exact) mass is 295 g/mol. The van der Waals surface area contributed by atoms with E-state index < -0.39 is 17.6 Å². The van der Waals surface area contributed by atoms with E-state index in [0.717, 1.165) is 5.39 Å². The highest BCUT2D eigenvalue weighted by molar-refractivity contribution is 5.79. The first-order chi connectivity index (χ1) is 9.93. The zero-order valence-corrected chi connectivity index (χ0v) is 10.3. The van der Waals surface area contributed by atoms with Gasteiger partial charge in [-0.25, -0.2) is 9.97 Å². The smallest absolute Gasteiger partial charge is 0.423 e. The molecule has 3 rings (SSSR count). The lowest BCUT2D eigenvalue weighted by atomic mass is 10.3. The molecule has 0 amide bonds. The minimum atomic E-state index is -4.70. The third kappa shape index (κ3) is 2.57. The molecule has 0 saturated heterocycles. The van der Waals surface area contributed by atoms with Crippen molar-refractivity contribution in [2.75, 3.05) is 5.32 Å². The number of rotatable bonds is 2. The van der Waals surface area contributed by atoms with Crippen molar-refractivity contribution in [3.63, 3.8) is 0 Å². The summed E-state index contributed by atoms with van der Waals surface area (Å²) in [6, 6.07) is 3.51. The Morgan fingerprint density at radius 3 is 2.71 bits per heavy atom. The fraction of sp³-hybridized carbons (Fsp3) is 0.0833. The number of aromatic hydroxyl groups is 1. The zero-order chi connectivity index (χ0) is 15.0. The van der Waals surface area contributed by atoms with Gasteiger partial charge < -0.3 is 15.4 Å². The van der Waals surface area contributed by atoms with Gasteiger partial charge >= 0.3 is 6.18 Å². The third-order valence-corrected chi connectivity index (χ3v) is 2.73. The molecule has 0 fully saturated rings. The summed E-state index contributed by atoms with van der Waals surface area (Å²) in [6.45, 7) is 0. The van der Waals surface area contributed by atoms with E-state index in [1.54, 1.807) is 18.3 Å². The van der Waals surface area contributed by atoms with Gasteiger partial charge in [-0.15, -0.1) is 0 Å². The second-order valence-corrected chi connectivity index (χ2v) is 4.19. The van der Waals surface area contributed by atoms with E-state index in [0.29, 0.717) is 17.5 Å². The summed E-state index contributed by atoms with van der Waals surface area (Å²) in [5.74, 6) is -1.28. The quantitative estimate of drug-likeness (QED) is 0.676. The molecule has 0 aromatic carbocycles. The fourth-order valence-electron chi connectivity index (χ4n) is 1.77. The summed E-state index contributed by atoms with van der Waals surface area (Å²) in [5.41, 5.74) is -0.120. The Labute approximate surface area is 115 Å². The molecular formula is C12H8F3N5O. The number of nitrogens with zero attached hydrogens (tertiary/aromatic N) is 3. The van der Waals surface area contributed by atoms with E-state index >= 15 is 0 Å². The Morgan fingerprint density at radius 1 is 1.19 bits per heavy atom. The summed E-state index contributed by atoms with van der Waals surface area (Å²) in [6.07, 6.45) is -1.00. The minimum absolute atomic E-state index is 0.155. The second kappa shape index (κ2) is 4.62. The van der Waals surface area contributed by atoms with Crippen LogP contribution in [0, 0.1) is 0 Å². The van der Waals surface area contributed by atoms with Gasteiger partial charge in [-0.2, -0.15) is 18.2 Å². The number of alkyl halides is 3. The van der Waals surface area contributed by atoms with E-state index in [4.69, 9.17) is 0 Å². The molecule has 0 spiro atoms. The SMILES string of the molecule is Oc1nc(Nc2cnc3[nH]ccc3c2)ncc1C(F)(F)F. The first kappa shape index (κ1) is 13.2. The molecule has 0 unspecified atom stereocenters. The van der Waals surface area contributed by atoms with Crippen molar-refractivity contribution in [2.24, 2.45) is 0 Å². The Hall–Kier alpha value is -2.84. The van der Waals surface area contributed by atoms with Gasteiger partial charge in [-0.1, -0.05) is 0 Å². The van der Waals surface area contributed by atoms with Crippen molar-refractivity contribution in [1.29, 1.82) is 0 Å². The van der Waals surface area contributed by atoms with Crippen LogP contribution in [-0.4, -0.2) is 25.0 Å². The first-order valence-corrected chi connectivity index (χ1v) is 5.77. The molecule has 3 aromatic rings. The maximum absolute atomic E-state index is 12.5. The van der Waals surface area contributed by atoms with Crippen molar-refractivity contribution in [3.05, 3.63) is 36.3 Å². The van der Waals surface area contributed by atoms with E-state index in [9.17, 15) is 18.3 Å². The summed E-state index contributed by atoms with van der Waals surface area (Å²) in [4.78, 5) is 13.9. The fourth-order valence-corrected chi connectivity index (χ4v) is 1.77. The molecule has 3 heterocycles. The average molecular weight is 295 g/mol. The number of aromatic amines is 1. The molecule has 108 valence electrons. The Kier molecular flexibility index (Phi) is 2.89. The number of pyridine rings is 1. The number of nitrogens with one attached hydrogen (secondary N) is 2. The normalized spacial score (nSPS) is 11.8. The molecule has 9 heteroatoms. The lowest BCUT2D eigenvalue weighted by Crippen LogP contribution is -2.08. The van der Waals surface area contributed by atoms with E-state index in [1.807, 2.05) is 0 Å². The first-order valence-electron chi connectivity index (χ1n) is 5.77. The molecule has 3 aromatic heterocycles. The molecule has 3 N–H and O–H groups in total. The highest BCUT2D eigenvalue weighted by Crippen LogP contribution is 2.34. The third-order valence-electron chi connectivity index (χ3n) is 2.73. The van der Waals surface area contributed by atoms with Gasteiger partial charge in [0.25, 0.3) is 0 Å². The molecule has 0 saturated carbocycles. The molecule has 0 aliphatic carbocycles. The predicted molar refractivity (Wildman–Crippen MR) is 68.1 cm³/mol. The number of hydrogen-bond donors (Lipinski definition) is 3. The molecule has 0 aliphatic heterocycles. The summed E-state index contributed by atoms with van der Waals surface area (Å²) in [5, 5.41) is 12.8. The van der Waals surface area contributed by atoms with Crippen molar-refractivity contribution in [1.82, 2.24) is 19.9 Å². The van der Waals surface area contributed by atoms with Crippen LogP contribution < -0.4 is 5.32 Å². The number of aromatic nitrogens is 4. The summed E-state index contributed by atoms with van der Waals surface area (Å²) >= 11 is 0. The van der Waals surface area contributed by atoms with Gasteiger partial charge in [0, 0.05) is 17.8 Å². The van der Waals surface area contributed by atoms with Crippen LogP contribution in [0.15, 0.2) is 30.7 Å². The number of halogens is 3. The van der Waals surface area contributed by atoms with Crippen LogP contribution in [0.3, 0.4) is 0 Å². The number of fused-ring (bicyclic) bond motifs is 1. The zero-order valence-electron chi connectivity index (χ0n) is 10.3.